The van der Waals surface area contributed by atoms with E-state index in [0.29, 0.717) is 66.3 Å². The van der Waals surface area contributed by atoms with Gasteiger partial charge in [-0.1, -0.05) is 51.0 Å². The smallest absolute Gasteiger partial charge is 0.461 e. The first-order chi connectivity index (χ1) is 25.9. The Labute approximate surface area is 329 Å². The number of carbonyl (C=O) groups is 3. The number of ether oxygens (including phenoxy) is 1. The molecule has 9 nitrogen and oxygen atoms in total. The maximum Gasteiger partial charge on any atom is 0.472 e. The molecule has 0 heterocycles. The van der Waals surface area contributed by atoms with Crippen molar-refractivity contribution in [3.8, 4) is 0 Å². The van der Waals surface area contributed by atoms with Crippen molar-refractivity contribution in [1.82, 2.24) is 0 Å². The van der Waals surface area contributed by atoms with Crippen molar-refractivity contribution in [2.45, 2.75) is 163 Å². The Kier molecular flexibility index (Phi) is 10.4. The highest BCUT2D eigenvalue weighted by atomic mass is 31.2. The van der Waals surface area contributed by atoms with Crippen LogP contribution in [0.1, 0.15) is 144 Å². The summed E-state index contributed by atoms with van der Waals surface area (Å²) in [7, 11) is -4.48. The van der Waals surface area contributed by atoms with Crippen LogP contribution in [0.2, 0.25) is 0 Å². The molecule has 0 amide bonds. The summed E-state index contributed by atoms with van der Waals surface area (Å²) in [6.45, 7) is 12.6. The van der Waals surface area contributed by atoms with Crippen LogP contribution < -0.4 is 5.73 Å². The molecule has 6 fully saturated rings. The number of phosphoric ester groups is 1. The third-order valence-electron chi connectivity index (χ3n) is 18.4. The molecule has 10 heteroatoms. The van der Waals surface area contributed by atoms with E-state index in [9.17, 15) is 23.8 Å². The Morgan fingerprint density at radius 1 is 0.727 bits per heavy atom. The van der Waals surface area contributed by atoms with E-state index in [4.69, 9.17) is 19.5 Å². The van der Waals surface area contributed by atoms with E-state index in [1.165, 1.54) is 11.1 Å². The average Bonchev–Trinajstić information content (AvgIpc) is 3.68. The van der Waals surface area contributed by atoms with Crippen molar-refractivity contribution < 1.29 is 37.6 Å². The molecule has 0 aromatic carbocycles. The van der Waals surface area contributed by atoms with Gasteiger partial charge in [0, 0.05) is 18.3 Å². The van der Waals surface area contributed by atoms with E-state index in [-0.39, 0.29) is 39.6 Å². The molecule has 0 aromatic rings. The summed E-state index contributed by atoms with van der Waals surface area (Å²) in [6.07, 6.45) is 19.4. The van der Waals surface area contributed by atoms with Crippen molar-refractivity contribution in [2.24, 2.45) is 74.7 Å². The fourth-order valence-corrected chi connectivity index (χ4v) is 16.5. The quantitative estimate of drug-likeness (QED) is 0.133. The molecule has 0 saturated heterocycles. The number of carbonyl (C=O) groups excluding carboxylic acids is 3. The van der Waals surface area contributed by atoms with Gasteiger partial charge in [0.25, 0.3) is 0 Å². The first-order valence-electron chi connectivity index (χ1n) is 21.9. The van der Waals surface area contributed by atoms with Crippen LogP contribution in [0, 0.1) is 69.0 Å². The molecule has 8 aliphatic carbocycles. The van der Waals surface area contributed by atoms with Crippen LogP contribution in [0.4, 0.5) is 0 Å². The molecule has 8 rings (SSSR count). The van der Waals surface area contributed by atoms with Gasteiger partial charge in [0.1, 0.15) is 23.7 Å². The zero-order chi connectivity index (χ0) is 39.3. The number of allylic oxidation sites excluding steroid dienone is 2. The Morgan fingerprint density at radius 3 is 1.69 bits per heavy atom. The molecule has 3 N–H and O–H groups in total. The van der Waals surface area contributed by atoms with Gasteiger partial charge in [-0.15, -0.1) is 0 Å². The number of hydrogen-bond donors (Lipinski definition) is 2. The van der Waals surface area contributed by atoms with Crippen LogP contribution >= 0.6 is 7.82 Å². The normalized spacial score (nSPS) is 47.6. The zero-order valence-corrected chi connectivity index (χ0v) is 35.3. The van der Waals surface area contributed by atoms with Gasteiger partial charge < -0.3 is 15.4 Å². The highest BCUT2D eigenvalue weighted by molar-refractivity contribution is 7.47. The van der Waals surface area contributed by atoms with Crippen LogP contribution in [-0.2, 0) is 32.7 Å². The number of fused-ring (bicyclic) bond motifs is 10. The molecule has 55 heavy (non-hydrogen) atoms. The first-order valence-corrected chi connectivity index (χ1v) is 23.4. The Morgan fingerprint density at radius 2 is 1.20 bits per heavy atom. The second kappa shape index (κ2) is 14.3. The molecule has 0 bridgehead atoms. The molecular weight excluding hydrogens is 713 g/mol. The van der Waals surface area contributed by atoms with Gasteiger partial charge in [-0.25, -0.2) is 4.57 Å². The lowest BCUT2D eigenvalue weighted by molar-refractivity contribution is -0.154. The lowest BCUT2D eigenvalue weighted by atomic mass is 9.47. The van der Waals surface area contributed by atoms with Crippen LogP contribution in [0.5, 0.6) is 0 Å². The Hall–Kier alpha value is -1.64. The molecule has 8 aliphatic rings. The molecule has 6 saturated carbocycles. The van der Waals surface area contributed by atoms with E-state index < -0.39 is 32.5 Å². The van der Waals surface area contributed by atoms with Gasteiger partial charge in [0.15, 0.2) is 0 Å². The number of rotatable bonds is 9. The number of phosphoric acid groups is 1. The number of ketones is 2. The average molecular weight is 782 g/mol. The number of esters is 1. The molecule has 0 aromatic heterocycles. The molecule has 0 radical (unpaired) electrons. The lowest BCUT2D eigenvalue weighted by Crippen LogP contribution is -2.51. The molecule has 16 unspecified atom stereocenters. The lowest BCUT2D eigenvalue weighted by Gasteiger charge is -2.58. The van der Waals surface area contributed by atoms with E-state index >= 15 is 0 Å². The van der Waals surface area contributed by atoms with Gasteiger partial charge in [-0.3, -0.25) is 23.4 Å². The summed E-state index contributed by atoms with van der Waals surface area (Å²) in [5.74, 6) is 3.96. The van der Waals surface area contributed by atoms with Crippen molar-refractivity contribution in [1.29, 1.82) is 0 Å². The second-order valence-electron chi connectivity index (χ2n) is 20.7. The van der Waals surface area contributed by atoms with Gasteiger partial charge in [-0.2, -0.15) is 0 Å². The highest BCUT2D eigenvalue weighted by Gasteiger charge is 2.61. The van der Waals surface area contributed by atoms with Crippen molar-refractivity contribution >= 4 is 25.4 Å². The molecule has 16 atom stereocenters. The van der Waals surface area contributed by atoms with E-state index in [0.717, 1.165) is 83.5 Å². The van der Waals surface area contributed by atoms with Gasteiger partial charge in [0.05, 0.1) is 12.7 Å². The van der Waals surface area contributed by atoms with Gasteiger partial charge >= 0.3 is 13.8 Å². The third-order valence-corrected chi connectivity index (χ3v) is 19.4. The Bertz CT molecular complexity index is 1690. The minimum Gasteiger partial charge on any atom is -0.461 e. The van der Waals surface area contributed by atoms with E-state index in [2.05, 4.69) is 39.8 Å². The summed E-state index contributed by atoms with van der Waals surface area (Å²) in [5, 5.41) is 0. The number of nitrogens with two attached hydrogens (primary N) is 1. The first kappa shape index (κ1) is 40.2. The molecule has 0 aliphatic heterocycles. The summed E-state index contributed by atoms with van der Waals surface area (Å²) in [4.78, 5) is 49.0. The minimum absolute atomic E-state index is 0.0322. The number of hydrogen-bond acceptors (Lipinski definition) is 8. The van der Waals surface area contributed by atoms with Crippen molar-refractivity contribution in [2.75, 3.05) is 6.61 Å². The standard InChI is InChI=1S/C45H68NO8P/c1-26(47)34-11-13-36-32-9-7-28-23-30(15-19-42(28,3)38(32)17-21-44(34,36)5)53-41(49)40(46)25-52-55(50,51)54-31-16-20-43(4)29(24-31)8-10-33-37-14-12-35(27(2)48)45(37,6)22-18-39(33)43/h7-8,30-40H,9-25,46H2,1-6H3,(H,50,51). The largest absolute Gasteiger partial charge is 0.472 e. The number of Topliss-reactive ketones (excluding diaryl/α,β-unsaturated/α-hetero) is 2. The summed E-state index contributed by atoms with van der Waals surface area (Å²) >= 11 is 0. The maximum absolute atomic E-state index is 13.2. The third kappa shape index (κ3) is 6.65. The van der Waals surface area contributed by atoms with Crippen molar-refractivity contribution in [3.63, 3.8) is 0 Å². The van der Waals surface area contributed by atoms with Crippen LogP contribution in [0.25, 0.3) is 0 Å². The maximum atomic E-state index is 13.2. The second-order valence-corrected chi connectivity index (χ2v) is 22.1. The van der Waals surface area contributed by atoms with E-state index in [1.54, 1.807) is 13.8 Å². The van der Waals surface area contributed by atoms with Crippen LogP contribution in [0.3, 0.4) is 0 Å². The highest BCUT2D eigenvalue weighted by Crippen LogP contribution is 2.68. The summed E-state index contributed by atoms with van der Waals surface area (Å²) < 4.78 is 30.2. The monoisotopic (exact) mass is 781 g/mol. The molecule has 0 spiro atoms. The topological polar surface area (TPSA) is 142 Å². The SMILES string of the molecule is CC(=O)C1CCC2C3CC=C4CC(OC(=O)C(N)COP(=O)(O)OC5CCC6(C)C(=CCC7C6CCC6(C)C(C(C)=O)CCC76)C5)CCC4(C)C3CCC12C. The Balaban J connectivity index is 0.823. The zero-order valence-electron chi connectivity index (χ0n) is 34.4. The summed E-state index contributed by atoms with van der Waals surface area (Å²) in [6, 6.07) is -1.20. The summed E-state index contributed by atoms with van der Waals surface area (Å²) in [5.41, 5.74) is 9.24. The molecule has 306 valence electrons. The fourth-order valence-electron chi connectivity index (χ4n) is 15.5. The predicted octanol–water partition coefficient (Wildman–Crippen LogP) is 9.06. The van der Waals surface area contributed by atoms with Gasteiger partial charge in [0.2, 0.25) is 0 Å². The predicted molar refractivity (Wildman–Crippen MR) is 210 cm³/mol. The van der Waals surface area contributed by atoms with E-state index in [1.807, 2.05) is 0 Å². The fraction of sp³-hybridized carbons (Fsp3) is 0.844. The van der Waals surface area contributed by atoms with Crippen LogP contribution in [-0.4, -0.2) is 47.3 Å². The van der Waals surface area contributed by atoms with Crippen LogP contribution in [0.15, 0.2) is 23.3 Å². The van der Waals surface area contributed by atoms with Crippen molar-refractivity contribution in [3.05, 3.63) is 23.3 Å². The van der Waals surface area contributed by atoms with Gasteiger partial charge in [-0.05, 0) is 167 Å². The molecular formula is C45H68NO8P. The minimum atomic E-state index is -4.48.